The number of methoxy groups -OCH3 is 1. The van der Waals surface area contributed by atoms with Crippen molar-refractivity contribution in [1.82, 2.24) is 0 Å². The average molecular weight is 387 g/mol. The molecule has 0 saturated heterocycles. The fourth-order valence-electron chi connectivity index (χ4n) is 2.10. The molecule has 0 saturated carbocycles. The van der Waals surface area contributed by atoms with Crippen LogP contribution in [0, 0.1) is 11.6 Å². The molecule has 0 heterocycles. The van der Waals surface area contributed by atoms with Crippen LogP contribution < -0.4 is 14.2 Å². The molecule has 0 bridgehead atoms. The second-order valence-electron chi connectivity index (χ2n) is 5.02. The van der Waals surface area contributed by atoms with E-state index in [1.807, 2.05) is 0 Å². The molecular formula is C18H17ClF2O5. The predicted molar refractivity (Wildman–Crippen MR) is 90.8 cm³/mol. The maximum absolute atomic E-state index is 14.0. The van der Waals surface area contributed by atoms with E-state index in [9.17, 15) is 13.6 Å². The van der Waals surface area contributed by atoms with Crippen molar-refractivity contribution >= 4 is 17.6 Å². The van der Waals surface area contributed by atoms with E-state index in [2.05, 4.69) is 0 Å². The van der Waals surface area contributed by atoms with Gasteiger partial charge in [-0.05, 0) is 31.2 Å². The molecule has 8 heteroatoms. The Balaban J connectivity index is 2.17. The van der Waals surface area contributed by atoms with Crippen LogP contribution in [0.1, 0.15) is 12.5 Å². The molecule has 0 aliphatic heterocycles. The average Bonchev–Trinajstić information content (AvgIpc) is 2.62. The molecular weight excluding hydrogens is 370 g/mol. The molecule has 0 unspecified atom stereocenters. The summed E-state index contributed by atoms with van der Waals surface area (Å²) in [4.78, 5) is 11.4. The van der Waals surface area contributed by atoms with Gasteiger partial charge in [-0.3, -0.25) is 0 Å². The molecule has 0 N–H and O–H groups in total. The van der Waals surface area contributed by atoms with Crippen molar-refractivity contribution in [3.8, 4) is 17.2 Å². The summed E-state index contributed by atoms with van der Waals surface area (Å²) >= 11 is 5.92. The number of carbonyl (C=O) groups excluding carboxylic acids is 1. The number of hydrogen-bond acceptors (Lipinski definition) is 5. The first-order valence-electron chi connectivity index (χ1n) is 7.67. The van der Waals surface area contributed by atoms with E-state index in [1.165, 1.54) is 31.4 Å². The van der Waals surface area contributed by atoms with Crippen LogP contribution in [0.25, 0.3) is 0 Å². The Morgan fingerprint density at radius 2 is 1.81 bits per heavy atom. The van der Waals surface area contributed by atoms with Crippen LogP contribution in [-0.4, -0.2) is 26.3 Å². The van der Waals surface area contributed by atoms with Gasteiger partial charge in [0, 0.05) is 11.1 Å². The van der Waals surface area contributed by atoms with Gasteiger partial charge in [0.25, 0.3) is 0 Å². The number of carbonyl (C=O) groups is 1. The van der Waals surface area contributed by atoms with Gasteiger partial charge in [-0.15, -0.1) is 0 Å². The molecule has 5 nitrogen and oxygen atoms in total. The summed E-state index contributed by atoms with van der Waals surface area (Å²) in [6.45, 7) is 1.23. The molecule has 0 atom stereocenters. The highest BCUT2D eigenvalue weighted by Crippen LogP contribution is 2.32. The molecule has 0 amide bonds. The van der Waals surface area contributed by atoms with Gasteiger partial charge in [0.05, 0.1) is 19.3 Å². The smallest absolute Gasteiger partial charge is 0.344 e. The second kappa shape index (κ2) is 9.24. The van der Waals surface area contributed by atoms with Crippen molar-refractivity contribution < 1.29 is 32.5 Å². The molecule has 2 aromatic rings. The van der Waals surface area contributed by atoms with Crippen molar-refractivity contribution in [3.05, 3.63) is 52.6 Å². The van der Waals surface area contributed by atoms with Crippen LogP contribution >= 0.6 is 11.6 Å². The van der Waals surface area contributed by atoms with Crippen LogP contribution in [-0.2, 0) is 16.1 Å². The molecule has 0 fully saturated rings. The fourth-order valence-corrected chi connectivity index (χ4v) is 2.27. The molecule has 0 aromatic heterocycles. The zero-order valence-corrected chi connectivity index (χ0v) is 14.9. The zero-order chi connectivity index (χ0) is 19.1. The largest absolute Gasteiger partial charge is 0.496 e. The van der Waals surface area contributed by atoms with Crippen LogP contribution in [0.15, 0.2) is 30.3 Å². The fraction of sp³-hybridized carbons (Fsp3) is 0.278. The van der Waals surface area contributed by atoms with E-state index in [-0.39, 0.29) is 42.6 Å². The van der Waals surface area contributed by atoms with E-state index in [4.69, 9.17) is 30.5 Å². The summed E-state index contributed by atoms with van der Waals surface area (Å²) in [5, 5.41) is 0.353. The Bertz CT molecular complexity index is 782. The highest BCUT2D eigenvalue weighted by Gasteiger charge is 2.16. The SMILES string of the molecule is CCOC(=O)COc1cc(Cl)ccc1OCc1c(OC)ccc(F)c1F. The van der Waals surface area contributed by atoms with Crippen molar-refractivity contribution in [1.29, 1.82) is 0 Å². The number of esters is 1. The number of ether oxygens (including phenoxy) is 4. The standard InChI is InChI=1S/C18H17ClF2O5/c1-3-24-17(22)10-26-16-8-11(19)4-6-15(16)25-9-12-14(23-2)7-5-13(20)18(12)21/h4-8H,3,9-10H2,1-2H3. The Hall–Kier alpha value is -2.54. The Morgan fingerprint density at radius 3 is 2.50 bits per heavy atom. The van der Waals surface area contributed by atoms with Crippen molar-refractivity contribution in [2.45, 2.75) is 13.5 Å². The number of hydrogen-bond donors (Lipinski definition) is 0. The first kappa shape index (κ1) is 19.8. The summed E-state index contributed by atoms with van der Waals surface area (Å²) in [5.41, 5.74) is -0.0845. The van der Waals surface area contributed by atoms with E-state index < -0.39 is 17.6 Å². The highest BCUT2D eigenvalue weighted by atomic mass is 35.5. The molecule has 0 radical (unpaired) electrons. The second-order valence-corrected chi connectivity index (χ2v) is 5.45. The Kier molecular flexibility index (Phi) is 7.03. The van der Waals surface area contributed by atoms with Crippen LogP contribution in [0.5, 0.6) is 17.2 Å². The maximum Gasteiger partial charge on any atom is 0.344 e. The molecule has 2 aromatic carbocycles. The van der Waals surface area contributed by atoms with Gasteiger partial charge in [-0.2, -0.15) is 0 Å². The monoisotopic (exact) mass is 386 g/mol. The minimum absolute atomic E-state index is 0.0845. The van der Waals surface area contributed by atoms with Gasteiger partial charge in [0.1, 0.15) is 12.4 Å². The van der Waals surface area contributed by atoms with Crippen LogP contribution in [0.3, 0.4) is 0 Å². The molecule has 2 rings (SSSR count). The summed E-state index contributed by atoms with van der Waals surface area (Å²) in [6, 6.07) is 6.74. The normalized spacial score (nSPS) is 10.3. The molecule has 0 aliphatic rings. The first-order chi connectivity index (χ1) is 12.5. The summed E-state index contributed by atoms with van der Waals surface area (Å²) < 4.78 is 48.1. The lowest BCUT2D eigenvalue weighted by molar-refractivity contribution is -0.145. The van der Waals surface area contributed by atoms with Gasteiger partial charge < -0.3 is 18.9 Å². The minimum Gasteiger partial charge on any atom is -0.496 e. The lowest BCUT2D eigenvalue weighted by atomic mass is 10.2. The van der Waals surface area contributed by atoms with E-state index >= 15 is 0 Å². The van der Waals surface area contributed by atoms with Crippen LogP contribution in [0.4, 0.5) is 8.78 Å². The molecule has 140 valence electrons. The topological polar surface area (TPSA) is 54.0 Å². The number of rotatable bonds is 8. The maximum atomic E-state index is 14.0. The highest BCUT2D eigenvalue weighted by molar-refractivity contribution is 6.30. The van der Waals surface area contributed by atoms with E-state index in [0.29, 0.717) is 5.02 Å². The lowest BCUT2D eigenvalue weighted by Crippen LogP contribution is -2.15. The number of benzene rings is 2. The van der Waals surface area contributed by atoms with E-state index in [1.54, 1.807) is 6.92 Å². The van der Waals surface area contributed by atoms with E-state index in [0.717, 1.165) is 6.07 Å². The summed E-state index contributed by atoms with van der Waals surface area (Å²) in [5.74, 6) is -2.12. The van der Waals surface area contributed by atoms with Crippen molar-refractivity contribution in [2.75, 3.05) is 20.3 Å². The lowest BCUT2D eigenvalue weighted by Gasteiger charge is -2.15. The number of halogens is 3. The third-order valence-corrected chi connectivity index (χ3v) is 3.54. The zero-order valence-electron chi connectivity index (χ0n) is 14.2. The van der Waals surface area contributed by atoms with Gasteiger partial charge in [-0.1, -0.05) is 11.6 Å². The predicted octanol–water partition coefficient (Wildman–Crippen LogP) is 4.15. The summed E-state index contributed by atoms with van der Waals surface area (Å²) in [6.07, 6.45) is 0. The van der Waals surface area contributed by atoms with Crippen molar-refractivity contribution in [3.63, 3.8) is 0 Å². The molecule has 0 spiro atoms. The molecule has 0 aliphatic carbocycles. The quantitative estimate of drug-likeness (QED) is 0.638. The van der Waals surface area contributed by atoms with Gasteiger partial charge >= 0.3 is 5.97 Å². The van der Waals surface area contributed by atoms with Crippen molar-refractivity contribution in [2.24, 2.45) is 0 Å². The van der Waals surface area contributed by atoms with Crippen LogP contribution in [0.2, 0.25) is 5.02 Å². The third kappa shape index (κ3) is 4.98. The van der Waals surface area contributed by atoms with Gasteiger partial charge in [0.2, 0.25) is 0 Å². The Morgan fingerprint density at radius 1 is 1.08 bits per heavy atom. The third-order valence-electron chi connectivity index (χ3n) is 3.30. The minimum atomic E-state index is -1.06. The van der Waals surface area contributed by atoms with Gasteiger partial charge in [0.15, 0.2) is 29.7 Å². The molecule has 26 heavy (non-hydrogen) atoms. The first-order valence-corrected chi connectivity index (χ1v) is 8.05. The Labute approximate surface area is 154 Å². The van der Waals surface area contributed by atoms with Gasteiger partial charge in [-0.25, -0.2) is 13.6 Å². The summed E-state index contributed by atoms with van der Waals surface area (Å²) in [7, 11) is 1.34.